The van der Waals surface area contributed by atoms with Gasteiger partial charge in [0.15, 0.2) is 0 Å². The van der Waals surface area contributed by atoms with Crippen molar-refractivity contribution in [2.24, 2.45) is 5.92 Å². The van der Waals surface area contributed by atoms with E-state index in [0.29, 0.717) is 18.8 Å². The largest absolute Gasteiger partial charge is 0.389 e. The Balaban J connectivity index is 2.49. The zero-order valence-electron chi connectivity index (χ0n) is 10.9. The maximum atomic E-state index is 11.6. The molecule has 0 bridgehead atoms. The third-order valence-electron chi connectivity index (χ3n) is 3.05. The first-order chi connectivity index (χ1) is 7.72. The highest BCUT2D eigenvalue weighted by molar-refractivity contribution is 7.87. The molecule has 0 heterocycles. The highest BCUT2D eigenvalue weighted by Gasteiger charge is 2.33. The second-order valence-electron chi connectivity index (χ2n) is 5.52. The number of hydrogen-bond donors (Lipinski definition) is 3. The third kappa shape index (κ3) is 5.33. The topological polar surface area (TPSA) is 78.4 Å². The number of hydrogen-bond acceptors (Lipinski definition) is 3. The molecule has 1 aliphatic rings. The standard InChI is InChI=1S/C11H24N2O3S/c1-9(2)13-17(15,16)12-8-11(14)6-4-5-10(3)7-11/h9-10,12-14H,4-8H2,1-3H3. The average molecular weight is 264 g/mol. The van der Waals surface area contributed by atoms with Crippen molar-refractivity contribution in [2.75, 3.05) is 6.54 Å². The Bertz CT molecular complexity index is 343. The molecule has 0 amide bonds. The van der Waals surface area contributed by atoms with Gasteiger partial charge >= 0.3 is 0 Å². The quantitative estimate of drug-likeness (QED) is 0.686. The Morgan fingerprint density at radius 1 is 1.47 bits per heavy atom. The van der Waals surface area contributed by atoms with E-state index < -0.39 is 15.8 Å². The van der Waals surface area contributed by atoms with Gasteiger partial charge in [0.05, 0.1) is 5.60 Å². The summed E-state index contributed by atoms with van der Waals surface area (Å²) >= 11 is 0. The summed E-state index contributed by atoms with van der Waals surface area (Å²) in [6.07, 6.45) is 3.40. The summed E-state index contributed by atoms with van der Waals surface area (Å²) in [5.41, 5.74) is -0.886. The smallest absolute Gasteiger partial charge is 0.277 e. The van der Waals surface area contributed by atoms with Gasteiger partial charge in [-0.2, -0.15) is 17.9 Å². The molecule has 1 aliphatic carbocycles. The average Bonchev–Trinajstić information content (AvgIpc) is 2.13. The molecule has 0 aliphatic heterocycles. The molecule has 0 aromatic rings. The number of aliphatic hydroxyl groups is 1. The van der Waals surface area contributed by atoms with E-state index in [2.05, 4.69) is 16.4 Å². The molecule has 6 heteroatoms. The van der Waals surface area contributed by atoms with Gasteiger partial charge < -0.3 is 5.11 Å². The SMILES string of the molecule is CC1CCCC(O)(CNS(=O)(=O)NC(C)C)C1. The first-order valence-corrected chi connectivity index (χ1v) is 7.70. The summed E-state index contributed by atoms with van der Waals surface area (Å²) in [7, 11) is -3.50. The van der Waals surface area contributed by atoms with Crippen molar-refractivity contribution in [1.82, 2.24) is 9.44 Å². The van der Waals surface area contributed by atoms with E-state index in [1.54, 1.807) is 13.8 Å². The summed E-state index contributed by atoms with van der Waals surface area (Å²) in [5.74, 6) is 0.455. The van der Waals surface area contributed by atoms with Crippen LogP contribution in [0.1, 0.15) is 46.5 Å². The van der Waals surface area contributed by atoms with Crippen LogP contribution < -0.4 is 9.44 Å². The molecule has 17 heavy (non-hydrogen) atoms. The summed E-state index contributed by atoms with van der Waals surface area (Å²) in [5, 5.41) is 10.3. The molecule has 2 atom stereocenters. The Morgan fingerprint density at radius 3 is 2.65 bits per heavy atom. The maximum absolute atomic E-state index is 11.6. The van der Waals surface area contributed by atoms with Gasteiger partial charge in [0.1, 0.15) is 0 Å². The van der Waals surface area contributed by atoms with Gasteiger partial charge in [0.2, 0.25) is 0 Å². The monoisotopic (exact) mass is 264 g/mol. The third-order valence-corrected chi connectivity index (χ3v) is 4.36. The molecule has 1 rings (SSSR count). The van der Waals surface area contributed by atoms with E-state index in [9.17, 15) is 13.5 Å². The molecule has 0 radical (unpaired) electrons. The van der Waals surface area contributed by atoms with Crippen LogP contribution >= 0.6 is 0 Å². The van der Waals surface area contributed by atoms with Gasteiger partial charge in [-0.3, -0.25) is 0 Å². The molecule has 1 fully saturated rings. The summed E-state index contributed by atoms with van der Waals surface area (Å²) in [6.45, 7) is 5.71. The molecule has 5 nitrogen and oxygen atoms in total. The van der Waals surface area contributed by atoms with Crippen LogP contribution in [-0.2, 0) is 10.2 Å². The fourth-order valence-corrected chi connectivity index (χ4v) is 3.54. The lowest BCUT2D eigenvalue weighted by Crippen LogP contribution is -2.49. The zero-order chi connectivity index (χ0) is 13.1. The predicted octanol–water partition coefficient (Wildman–Crippen LogP) is 0.760. The number of rotatable bonds is 5. The minimum absolute atomic E-state index is 0.0966. The van der Waals surface area contributed by atoms with E-state index in [1.165, 1.54) is 0 Å². The van der Waals surface area contributed by atoms with Crippen LogP contribution in [0.25, 0.3) is 0 Å². The van der Waals surface area contributed by atoms with E-state index >= 15 is 0 Å². The van der Waals surface area contributed by atoms with E-state index in [4.69, 9.17) is 0 Å². The molecule has 102 valence electrons. The van der Waals surface area contributed by atoms with Gasteiger partial charge in [-0.05, 0) is 32.6 Å². The van der Waals surface area contributed by atoms with Gasteiger partial charge in [-0.15, -0.1) is 0 Å². The lowest BCUT2D eigenvalue weighted by molar-refractivity contribution is -0.00759. The first kappa shape index (κ1) is 14.9. The Morgan fingerprint density at radius 2 is 2.12 bits per heavy atom. The van der Waals surface area contributed by atoms with E-state index in [1.807, 2.05) is 0 Å². The van der Waals surface area contributed by atoms with Crippen LogP contribution in [0, 0.1) is 5.92 Å². The van der Waals surface area contributed by atoms with Crippen molar-refractivity contribution in [3.05, 3.63) is 0 Å². The zero-order valence-corrected chi connectivity index (χ0v) is 11.7. The van der Waals surface area contributed by atoms with Crippen LogP contribution in [0.2, 0.25) is 0 Å². The lowest BCUT2D eigenvalue weighted by Gasteiger charge is -2.35. The molecule has 0 saturated heterocycles. The maximum Gasteiger partial charge on any atom is 0.277 e. The normalized spacial score (nSPS) is 30.8. The Kier molecular flexibility index (Phi) is 4.95. The molecule has 0 aromatic heterocycles. The van der Waals surface area contributed by atoms with Gasteiger partial charge in [-0.25, -0.2) is 0 Å². The second-order valence-corrected chi connectivity index (χ2v) is 7.05. The van der Waals surface area contributed by atoms with Crippen LogP contribution in [0.15, 0.2) is 0 Å². The highest BCUT2D eigenvalue weighted by Crippen LogP contribution is 2.31. The molecule has 1 saturated carbocycles. The van der Waals surface area contributed by atoms with Gasteiger partial charge in [-0.1, -0.05) is 19.8 Å². The molecule has 0 spiro atoms. The van der Waals surface area contributed by atoms with E-state index in [-0.39, 0.29) is 12.6 Å². The van der Waals surface area contributed by atoms with Crippen molar-refractivity contribution in [1.29, 1.82) is 0 Å². The molecule has 0 aromatic carbocycles. The van der Waals surface area contributed by atoms with Crippen molar-refractivity contribution < 1.29 is 13.5 Å². The number of nitrogens with one attached hydrogen (secondary N) is 2. The second kappa shape index (κ2) is 5.65. The van der Waals surface area contributed by atoms with Crippen LogP contribution in [0.3, 0.4) is 0 Å². The minimum Gasteiger partial charge on any atom is -0.389 e. The van der Waals surface area contributed by atoms with Crippen molar-refractivity contribution in [3.63, 3.8) is 0 Å². The molecular formula is C11H24N2O3S. The first-order valence-electron chi connectivity index (χ1n) is 6.22. The van der Waals surface area contributed by atoms with Gasteiger partial charge in [0.25, 0.3) is 10.2 Å². The summed E-state index contributed by atoms with van der Waals surface area (Å²) < 4.78 is 28.0. The van der Waals surface area contributed by atoms with Crippen LogP contribution in [0.5, 0.6) is 0 Å². The van der Waals surface area contributed by atoms with Crippen LogP contribution in [0.4, 0.5) is 0 Å². The molecule has 2 unspecified atom stereocenters. The van der Waals surface area contributed by atoms with E-state index in [0.717, 1.165) is 12.8 Å². The van der Waals surface area contributed by atoms with Crippen molar-refractivity contribution in [3.8, 4) is 0 Å². The summed E-state index contributed by atoms with van der Waals surface area (Å²) in [6, 6.07) is -0.146. The lowest BCUT2D eigenvalue weighted by atomic mass is 9.79. The highest BCUT2D eigenvalue weighted by atomic mass is 32.2. The van der Waals surface area contributed by atoms with Crippen molar-refractivity contribution >= 4 is 10.2 Å². The molecular weight excluding hydrogens is 240 g/mol. The van der Waals surface area contributed by atoms with Gasteiger partial charge in [0, 0.05) is 12.6 Å². The Hall–Kier alpha value is -0.170. The minimum atomic E-state index is -3.50. The fourth-order valence-electron chi connectivity index (χ4n) is 2.37. The summed E-state index contributed by atoms with van der Waals surface area (Å²) in [4.78, 5) is 0. The van der Waals surface area contributed by atoms with Crippen LogP contribution in [-0.4, -0.2) is 31.7 Å². The fraction of sp³-hybridized carbons (Fsp3) is 1.00. The molecule has 3 N–H and O–H groups in total. The van der Waals surface area contributed by atoms with Crippen molar-refractivity contribution in [2.45, 2.75) is 58.1 Å². The predicted molar refractivity (Wildman–Crippen MR) is 67.8 cm³/mol. The Labute approximate surface area is 104 Å².